The predicted molar refractivity (Wildman–Crippen MR) is 61.3 cm³/mol. The maximum Gasteiger partial charge on any atom is 0.305 e. The number of carbonyl (C=O) groups is 1. The first-order valence-electron chi connectivity index (χ1n) is 5.21. The highest BCUT2D eigenvalue weighted by molar-refractivity contribution is 5.69. The number of rotatable bonds is 5. The minimum absolute atomic E-state index is 0.177. The van der Waals surface area contributed by atoms with Crippen LogP contribution in [0.4, 0.5) is 5.82 Å². The molecule has 0 spiro atoms. The zero-order valence-electron chi connectivity index (χ0n) is 9.93. The maximum atomic E-state index is 10.9. The van der Waals surface area contributed by atoms with E-state index in [9.17, 15) is 4.79 Å². The summed E-state index contributed by atoms with van der Waals surface area (Å²) in [7, 11) is 3.33. The summed E-state index contributed by atoms with van der Waals surface area (Å²) in [6, 6.07) is 3.83. The lowest BCUT2D eigenvalue weighted by molar-refractivity contribution is -0.140. The molecule has 1 heterocycles. The second kappa shape index (κ2) is 6.05. The van der Waals surface area contributed by atoms with Crippen LogP contribution in [0.2, 0.25) is 0 Å². The summed E-state index contributed by atoms with van der Waals surface area (Å²) in [5.41, 5.74) is 0.895. The van der Waals surface area contributed by atoms with Crippen molar-refractivity contribution in [2.75, 3.05) is 25.6 Å². The minimum atomic E-state index is -0.177. The molecule has 0 radical (unpaired) electrons. The molecule has 0 aliphatic carbocycles. The van der Waals surface area contributed by atoms with E-state index in [1.807, 2.05) is 31.0 Å². The van der Waals surface area contributed by atoms with Crippen LogP contribution in [0.15, 0.2) is 12.1 Å². The van der Waals surface area contributed by atoms with Crippen LogP contribution in [0.5, 0.6) is 0 Å². The van der Waals surface area contributed by atoms with Crippen molar-refractivity contribution in [2.24, 2.45) is 0 Å². The summed E-state index contributed by atoms with van der Waals surface area (Å²) < 4.78 is 4.57. The SMILES string of the molecule is COC(=O)CCCN(C)c1ccc(C)nn1. The lowest BCUT2D eigenvalue weighted by Gasteiger charge is -2.16. The van der Waals surface area contributed by atoms with Crippen molar-refractivity contribution in [3.05, 3.63) is 17.8 Å². The Labute approximate surface area is 95.4 Å². The molecule has 5 nitrogen and oxygen atoms in total. The summed E-state index contributed by atoms with van der Waals surface area (Å²) in [6.07, 6.45) is 1.18. The first kappa shape index (κ1) is 12.4. The van der Waals surface area contributed by atoms with Crippen molar-refractivity contribution in [1.29, 1.82) is 0 Å². The van der Waals surface area contributed by atoms with Gasteiger partial charge in [0.05, 0.1) is 12.8 Å². The summed E-state index contributed by atoms with van der Waals surface area (Å²) in [5, 5.41) is 8.03. The number of hydrogen-bond donors (Lipinski definition) is 0. The number of carbonyl (C=O) groups excluding carboxylic acids is 1. The first-order valence-corrected chi connectivity index (χ1v) is 5.21. The van der Waals surface area contributed by atoms with Crippen LogP contribution in [0.3, 0.4) is 0 Å². The zero-order chi connectivity index (χ0) is 12.0. The average molecular weight is 223 g/mol. The second-order valence-corrected chi connectivity index (χ2v) is 3.63. The molecule has 5 heteroatoms. The molecular formula is C11H17N3O2. The normalized spacial score (nSPS) is 9.94. The second-order valence-electron chi connectivity index (χ2n) is 3.63. The Morgan fingerprint density at radius 2 is 2.19 bits per heavy atom. The molecule has 0 unspecified atom stereocenters. The molecule has 0 bridgehead atoms. The van der Waals surface area contributed by atoms with E-state index in [0.29, 0.717) is 6.42 Å². The van der Waals surface area contributed by atoms with Gasteiger partial charge in [0.25, 0.3) is 0 Å². The van der Waals surface area contributed by atoms with Gasteiger partial charge in [0.2, 0.25) is 0 Å². The van der Waals surface area contributed by atoms with Gasteiger partial charge in [-0.3, -0.25) is 4.79 Å². The van der Waals surface area contributed by atoms with Gasteiger partial charge in [-0.1, -0.05) is 0 Å². The zero-order valence-corrected chi connectivity index (χ0v) is 9.93. The third-order valence-corrected chi connectivity index (χ3v) is 2.28. The molecule has 0 atom stereocenters. The molecule has 0 saturated carbocycles. The van der Waals surface area contributed by atoms with Crippen molar-refractivity contribution in [3.8, 4) is 0 Å². The maximum absolute atomic E-state index is 10.9. The molecule has 0 fully saturated rings. The summed E-state index contributed by atoms with van der Waals surface area (Å²) in [4.78, 5) is 12.9. The van der Waals surface area contributed by atoms with Crippen molar-refractivity contribution < 1.29 is 9.53 Å². The number of anilines is 1. The average Bonchev–Trinajstić information content (AvgIpc) is 2.29. The largest absolute Gasteiger partial charge is 0.469 e. The lowest BCUT2D eigenvalue weighted by Crippen LogP contribution is -2.21. The van der Waals surface area contributed by atoms with Gasteiger partial charge in [0.1, 0.15) is 0 Å². The molecule has 88 valence electrons. The molecule has 0 aliphatic heterocycles. The number of aromatic nitrogens is 2. The van der Waals surface area contributed by atoms with Crippen LogP contribution in [-0.2, 0) is 9.53 Å². The van der Waals surface area contributed by atoms with Gasteiger partial charge in [0, 0.05) is 20.0 Å². The number of nitrogens with zero attached hydrogens (tertiary/aromatic N) is 3. The summed E-state index contributed by atoms with van der Waals surface area (Å²) in [6.45, 7) is 2.65. The molecule has 0 aliphatic rings. The fourth-order valence-electron chi connectivity index (χ4n) is 1.27. The Morgan fingerprint density at radius 3 is 2.75 bits per heavy atom. The van der Waals surface area contributed by atoms with E-state index in [0.717, 1.165) is 24.5 Å². The van der Waals surface area contributed by atoms with E-state index < -0.39 is 0 Å². The fourth-order valence-corrected chi connectivity index (χ4v) is 1.27. The fraction of sp³-hybridized carbons (Fsp3) is 0.545. The highest BCUT2D eigenvalue weighted by Crippen LogP contribution is 2.08. The Hall–Kier alpha value is -1.65. The molecule has 0 aromatic carbocycles. The van der Waals surface area contributed by atoms with Crippen LogP contribution in [0, 0.1) is 6.92 Å². The smallest absolute Gasteiger partial charge is 0.305 e. The van der Waals surface area contributed by atoms with Gasteiger partial charge in [-0.2, -0.15) is 5.10 Å². The van der Waals surface area contributed by atoms with E-state index in [-0.39, 0.29) is 5.97 Å². The van der Waals surface area contributed by atoms with Crippen molar-refractivity contribution in [3.63, 3.8) is 0 Å². The molecule has 1 rings (SSSR count). The van der Waals surface area contributed by atoms with Gasteiger partial charge in [0.15, 0.2) is 5.82 Å². The van der Waals surface area contributed by atoms with E-state index in [2.05, 4.69) is 14.9 Å². The van der Waals surface area contributed by atoms with E-state index >= 15 is 0 Å². The predicted octanol–water partition coefficient (Wildman–Crippen LogP) is 1.17. The number of aryl methyl sites for hydroxylation is 1. The van der Waals surface area contributed by atoms with E-state index in [1.54, 1.807) is 0 Å². The van der Waals surface area contributed by atoms with E-state index in [4.69, 9.17) is 0 Å². The Balaban J connectivity index is 2.37. The molecule has 1 aromatic rings. The third-order valence-electron chi connectivity index (χ3n) is 2.28. The van der Waals surface area contributed by atoms with Crippen molar-refractivity contribution in [2.45, 2.75) is 19.8 Å². The van der Waals surface area contributed by atoms with Crippen LogP contribution in [0.25, 0.3) is 0 Å². The number of esters is 1. The van der Waals surface area contributed by atoms with E-state index in [1.165, 1.54) is 7.11 Å². The number of methoxy groups -OCH3 is 1. The Morgan fingerprint density at radius 1 is 1.44 bits per heavy atom. The molecule has 0 amide bonds. The van der Waals surface area contributed by atoms with Gasteiger partial charge >= 0.3 is 5.97 Å². The molecule has 0 N–H and O–H groups in total. The topological polar surface area (TPSA) is 55.3 Å². The Kier molecular flexibility index (Phi) is 4.69. The van der Waals surface area contributed by atoms with Crippen LogP contribution in [0.1, 0.15) is 18.5 Å². The van der Waals surface area contributed by atoms with Crippen molar-refractivity contribution in [1.82, 2.24) is 10.2 Å². The van der Waals surface area contributed by atoms with Gasteiger partial charge in [-0.15, -0.1) is 5.10 Å². The highest BCUT2D eigenvalue weighted by atomic mass is 16.5. The quantitative estimate of drug-likeness (QED) is 0.701. The minimum Gasteiger partial charge on any atom is -0.469 e. The molecule has 1 aromatic heterocycles. The summed E-state index contributed by atoms with van der Waals surface area (Å²) in [5.74, 6) is 0.638. The van der Waals surface area contributed by atoms with Crippen LogP contribution >= 0.6 is 0 Å². The highest BCUT2D eigenvalue weighted by Gasteiger charge is 2.05. The van der Waals surface area contributed by atoms with Gasteiger partial charge in [-0.05, 0) is 25.5 Å². The van der Waals surface area contributed by atoms with Gasteiger partial charge < -0.3 is 9.64 Å². The molecule has 0 saturated heterocycles. The number of hydrogen-bond acceptors (Lipinski definition) is 5. The standard InChI is InChI=1S/C11H17N3O2/c1-9-6-7-10(13-12-9)14(2)8-4-5-11(15)16-3/h6-7H,4-5,8H2,1-3H3. The molecular weight excluding hydrogens is 206 g/mol. The van der Waals surface area contributed by atoms with Crippen molar-refractivity contribution >= 4 is 11.8 Å². The Bertz CT molecular complexity index is 338. The lowest BCUT2D eigenvalue weighted by atomic mass is 10.3. The third kappa shape index (κ3) is 3.84. The monoisotopic (exact) mass is 223 g/mol. The number of ether oxygens (including phenoxy) is 1. The van der Waals surface area contributed by atoms with Gasteiger partial charge in [-0.25, -0.2) is 0 Å². The summed E-state index contributed by atoms with van der Waals surface area (Å²) >= 11 is 0. The van der Waals surface area contributed by atoms with Crippen LogP contribution < -0.4 is 4.90 Å². The molecule has 16 heavy (non-hydrogen) atoms. The first-order chi connectivity index (χ1) is 7.63. The van der Waals surface area contributed by atoms with Crippen LogP contribution in [-0.4, -0.2) is 36.9 Å².